The van der Waals surface area contributed by atoms with Crippen LogP contribution in [0.4, 0.5) is 0 Å². The molecule has 0 atom stereocenters. The van der Waals surface area contributed by atoms with Gasteiger partial charge in [-0.25, -0.2) is 0 Å². The minimum atomic E-state index is -0.0937. The lowest BCUT2D eigenvalue weighted by Crippen LogP contribution is -2.30. The van der Waals surface area contributed by atoms with E-state index < -0.39 is 0 Å². The van der Waals surface area contributed by atoms with Gasteiger partial charge in [0.25, 0.3) is 5.91 Å². The first kappa shape index (κ1) is 18.2. The number of rotatable bonds is 5. The van der Waals surface area contributed by atoms with Crippen LogP contribution in [0.2, 0.25) is 0 Å². The number of thiocarbonyl (C=S) groups is 1. The third kappa shape index (κ3) is 3.62. The van der Waals surface area contributed by atoms with Crippen molar-refractivity contribution in [2.24, 2.45) is 0 Å². The summed E-state index contributed by atoms with van der Waals surface area (Å²) >= 11 is 5.18. The average Bonchev–Trinajstić information content (AvgIpc) is 2.99. The first-order valence-corrected chi connectivity index (χ1v) is 9.60. The lowest BCUT2D eigenvalue weighted by atomic mass is 10.1. The number of likely N-dealkylation sites (N-methyl/N-ethyl adjacent to an activating group) is 1. The number of carbonyl (C=O) groups excluding carboxylic acids is 1. The van der Waals surface area contributed by atoms with Gasteiger partial charge in [0.1, 0.15) is 18.1 Å². The Morgan fingerprint density at radius 3 is 2.54 bits per heavy atom. The van der Waals surface area contributed by atoms with Crippen molar-refractivity contribution in [2.45, 2.75) is 13.5 Å². The third-order valence-electron chi connectivity index (χ3n) is 4.74. The molecule has 140 valence electrons. The molecule has 0 saturated carbocycles. The molecule has 1 heterocycles. The van der Waals surface area contributed by atoms with Crippen LogP contribution in [-0.2, 0) is 11.4 Å². The normalized spacial score (nSPS) is 15.3. The molecular formula is C23H20N2O2S. The van der Waals surface area contributed by atoms with Crippen molar-refractivity contribution in [3.8, 4) is 5.75 Å². The molecule has 0 unspecified atom stereocenters. The van der Waals surface area contributed by atoms with Crippen LogP contribution in [0.25, 0.3) is 16.8 Å². The molecule has 3 aromatic rings. The van der Waals surface area contributed by atoms with Crippen LogP contribution in [-0.4, -0.2) is 22.5 Å². The number of fused-ring (bicyclic) bond motifs is 1. The van der Waals surface area contributed by atoms with Gasteiger partial charge in [-0.15, -0.1) is 0 Å². The molecule has 0 bridgehead atoms. The van der Waals surface area contributed by atoms with Gasteiger partial charge in [0.15, 0.2) is 5.11 Å². The largest absolute Gasteiger partial charge is 0.489 e. The lowest BCUT2D eigenvalue weighted by molar-refractivity contribution is -0.122. The van der Waals surface area contributed by atoms with Gasteiger partial charge in [0, 0.05) is 6.54 Å². The van der Waals surface area contributed by atoms with Crippen LogP contribution in [0.5, 0.6) is 5.75 Å². The SMILES string of the molecule is CCN1C(=O)C(=Cc2ccc(OCc3cccc4ccccc34)cc2)NC1=S. The fourth-order valence-corrected chi connectivity index (χ4v) is 3.59. The zero-order valence-electron chi connectivity index (χ0n) is 15.5. The predicted octanol–water partition coefficient (Wildman–Crippen LogP) is 4.50. The Hall–Kier alpha value is -3.18. The van der Waals surface area contributed by atoms with Crippen molar-refractivity contribution in [3.63, 3.8) is 0 Å². The summed E-state index contributed by atoms with van der Waals surface area (Å²) in [6.07, 6.45) is 1.80. The van der Waals surface area contributed by atoms with E-state index in [2.05, 4.69) is 29.6 Å². The maximum absolute atomic E-state index is 12.3. The van der Waals surface area contributed by atoms with Crippen molar-refractivity contribution in [1.82, 2.24) is 10.2 Å². The minimum Gasteiger partial charge on any atom is -0.489 e. The van der Waals surface area contributed by atoms with E-state index >= 15 is 0 Å². The number of hydrogen-bond donors (Lipinski definition) is 1. The molecule has 0 aromatic heterocycles. The second-order valence-electron chi connectivity index (χ2n) is 6.53. The fraction of sp³-hybridized carbons (Fsp3) is 0.130. The second-order valence-corrected chi connectivity index (χ2v) is 6.92. The van der Waals surface area contributed by atoms with Crippen LogP contribution in [0.15, 0.2) is 72.4 Å². The van der Waals surface area contributed by atoms with Gasteiger partial charge in [-0.2, -0.15) is 0 Å². The third-order valence-corrected chi connectivity index (χ3v) is 5.07. The predicted molar refractivity (Wildman–Crippen MR) is 116 cm³/mol. The van der Waals surface area contributed by atoms with E-state index in [1.165, 1.54) is 10.8 Å². The van der Waals surface area contributed by atoms with Crippen LogP contribution in [0.3, 0.4) is 0 Å². The topological polar surface area (TPSA) is 41.6 Å². The highest BCUT2D eigenvalue weighted by Gasteiger charge is 2.28. The van der Waals surface area contributed by atoms with Gasteiger partial charge in [-0.1, -0.05) is 54.6 Å². The summed E-state index contributed by atoms with van der Waals surface area (Å²) in [6, 6.07) is 22.2. The fourth-order valence-electron chi connectivity index (χ4n) is 3.27. The van der Waals surface area contributed by atoms with E-state index in [0.29, 0.717) is 24.0 Å². The van der Waals surface area contributed by atoms with Crippen molar-refractivity contribution in [2.75, 3.05) is 6.54 Å². The highest BCUT2D eigenvalue weighted by Crippen LogP contribution is 2.22. The number of hydrogen-bond acceptors (Lipinski definition) is 3. The lowest BCUT2D eigenvalue weighted by Gasteiger charge is -2.09. The molecule has 0 spiro atoms. The minimum absolute atomic E-state index is 0.0937. The van der Waals surface area contributed by atoms with Gasteiger partial charge in [-0.05, 0) is 59.2 Å². The maximum Gasteiger partial charge on any atom is 0.276 e. The van der Waals surface area contributed by atoms with Crippen LogP contribution in [0, 0.1) is 0 Å². The summed E-state index contributed by atoms with van der Waals surface area (Å²) in [5, 5.41) is 5.83. The highest BCUT2D eigenvalue weighted by molar-refractivity contribution is 7.80. The van der Waals surface area contributed by atoms with Gasteiger partial charge in [0.05, 0.1) is 0 Å². The molecular weight excluding hydrogens is 368 g/mol. The number of amides is 1. The Morgan fingerprint density at radius 1 is 1.04 bits per heavy atom. The highest BCUT2D eigenvalue weighted by atomic mass is 32.1. The van der Waals surface area contributed by atoms with E-state index in [1.807, 2.05) is 49.4 Å². The number of carbonyl (C=O) groups is 1. The van der Waals surface area contributed by atoms with E-state index in [0.717, 1.165) is 16.9 Å². The molecule has 5 heteroatoms. The van der Waals surface area contributed by atoms with Gasteiger partial charge in [0.2, 0.25) is 0 Å². The first-order chi connectivity index (χ1) is 13.7. The van der Waals surface area contributed by atoms with E-state index in [1.54, 1.807) is 11.0 Å². The van der Waals surface area contributed by atoms with Crippen LogP contribution >= 0.6 is 12.2 Å². The van der Waals surface area contributed by atoms with Crippen molar-refractivity contribution in [1.29, 1.82) is 0 Å². The zero-order valence-corrected chi connectivity index (χ0v) is 16.3. The Balaban J connectivity index is 1.46. The molecule has 1 N–H and O–H groups in total. The quantitative estimate of drug-likeness (QED) is 0.516. The van der Waals surface area contributed by atoms with Crippen molar-refractivity contribution in [3.05, 3.63) is 83.6 Å². The Morgan fingerprint density at radius 2 is 1.79 bits per heavy atom. The number of benzene rings is 3. The number of nitrogens with zero attached hydrogens (tertiary/aromatic N) is 1. The number of ether oxygens (including phenoxy) is 1. The van der Waals surface area contributed by atoms with Crippen LogP contribution in [0.1, 0.15) is 18.1 Å². The average molecular weight is 388 g/mol. The molecule has 1 saturated heterocycles. The van der Waals surface area contributed by atoms with Gasteiger partial charge >= 0.3 is 0 Å². The first-order valence-electron chi connectivity index (χ1n) is 9.20. The molecule has 1 fully saturated rings. The molecule has 4 rings (SSSR count). The maximum atomic E-state index is 12.3. The standard InChI is InChI=1S/C23H20N2O2S/c1-2-25-22(26)21(24-23(25)28)14-16-10-12-19(13-11-16)27-15-18-8-5-7-17-6-3-4-9-20(17)18/h3-14H,2,15H2,1H3,(H,24,28). The summed E-state index contributed by atoms with van der Waals surface area (Å²) in [4.78, 5) is 13.8. The van der Waals surface area contributed by atoms with Crippen molar-refractivity contribution >= 4 is 40.1 Å². The van der Waals surface area contributed by atoms with Crippen molar-refractivity contribution < 1.29 is 9.53 Å². The molecule has 1 amide bonds. The molecule has 28 heavy (non-hydrogen) atoms. The summed E-state index contributed by atoms with van der Waals surface area (Å²) in [6.45, 7) is 2.96. The summed E-state index contributed by atoms with van der Waals surface area (Å²) in [5.74, 6) is 0.690. The van der Waals surface area contributed by atoms with E-state index in [4.69, 9.17) is 17.0 Å². The molecule has 0 radical (unpaired) electrons. The molecule has 0 aliphatic carbocycles. The summed E-state index contributed by atoms with van der Waals surface area (Å²) in [5.41, 5.74) is 2.56. The van der Waals surface area contributed by atoms with Gasteiger partial charge in [-0.3, -0.25) is 9.69 Å². The summed E-state index contributed by atoms with van der Waals surface area (Å²) in [7, 11) is 0. The Kier molecular flexibility index (Phi) is 5.08. The molecule has 3 aromatic carbocycles. The Bertz CT molecular complexity index is 1070. The monoisotopic (exact) mass is 388 g/mol. The molecule has 4 nitrogen and oxygen atoms in total. The Labute approximate surface area is 169 Å². The van der Waals surface area contributed by atoms with E-state index in [9.17, 15) is 4.79 Å². The second kappa shape index (κ2) is 7.82. The summed E-state index contributed by atoms with van der Waals surface area (Å²) < 4.78 is 5.97. The molecule has 1 aliphatic rings. The van der Waals surface area contributed by atoms with Gasteiger partial charge < -0.3 is 10.1 Å². The zero-order chi connectivity index (χ0) is 19.5. The van der Waals surface area contributed by atoms with Crippen LogP contribution < -0.4 is 10.1 Å². The van der Waals surface area contributed by atoms with E-state index in [-0.39, 0.29) is 5.91 Å². The molecule has 1 aliphatic heterocycles. The smallest absolute Gasteiger partial charge is 0.276 e. The number of nitrogens with one attached hydrogen (secondary N) is 1.